The zero-order valence-electron chi connectivity index (χ0n) is 13.2. The fraction of sp³-hybridized carbons (Fsp3) is 0.222. The van der Waals surface area contributed by atoms with Crippen LogP contribution in [0.25, 0.3) is 0 Å². The number of halogens is 4. The highest BCUT2D eigenvalue weighted by atomic mass is 79.9. The van der Waals surface area contributed by atoms with Crippen LogP contribution < -0.4 is 9.47 Å². The molecule has 0 fully saturated rings. The van der Waals surface area contributed by atoms with Crippen molar-refractivity contribution in [2.24, 2.45) is 0 Å². The molecule has 0 saturated carbocycles. The minimum atomic E-state index is 0.398. The maximum atomic E-state index is 6.26. The fourth-order valence-corrected chi connectivity index (χ4v) is 3.59. The fourth-order valence-electron chi connectivity index (χ4n) is 1.90. The smallest absolute Gasteiger partial charge is 0.156 e. The van der Waals surface area contributed by atoms with E-state index in [1.807, 2.05) is 24.3 Å². The van der Waals surface area contributed by atoms with Gasteiger partial charge in [0.25, 0.3) is 0 Å². The number of rotatable bonds is 9. The molecule has 0 aliphatic carbocycles. The molecule has 2 rings (SSSR count). The van der Waals surface area contributed by atoms with Crippen molar-refractivity contribution in [1.82, 2.24) is 0 Å². The predicted molar refractivity (Wildman–Crippen MR) is 115 cm³/mol. The number of hydrogen-bond donors (Lipinski definition) is 0. The molecule has 0 aromatic heterocycles. The van der Waals surface area contributed by atoms with Gasteiger partial charge in [0.1, 0.15) is 12.4 Å². The van der Waals surface area contributed by atoms with E-state index in [0.717, 1.165) is 15.6 Å². The Bertz CT molecular complexity index is 684. The molecule has 0 saturated heterocycles. The first-order chi connectivity index (χ1) is 12.1. The van der Waals surface area contributed by atoms with Gasteiger partial charge in [-0.15, -0.1) is 11.8 Å². The van der Waals surface area contributed by atoms with E-state index in [4.69, 9.17) is 32.7 Å². The van der Waals surface area contributed by atoms with Gasteiger partial charge in [-0.05, 0) is 56.5 Å². The maximum Gasteiger partial charge on any atom is 0.156 e. The average Bonchev–Trinajstić information content (AvgIpc) is 2.57. The van der Waals surface area contributed by atoms with Crippen LogP contribution in [-0.2, 0) is 0 Å². The van der Waals surface area contributed by atoms with Crippen LogP contribution in [-0.4, -0.2) is 19.0 Å². The largest absolute Gasteiger partial charge is 0.490 e. The lowest BCUT2D eigenvalue weighted by molar-refractivity contribution is 0.317. The highest BCUT2D eigenvalue weighted by Gasteiger charge is 2.10. The monoisotopic (exact) mass is 524 g/mol. The molecule has 0 aliphatic heterocycles. The molecule has 2 nitrogen and oxygen atoms in total. The van der Waals surface area contributed by atoms with Crippen molar-refractivity contribution in [3.8, 4) is 11.5 Å². The summed E-state index contributed by atoms with van der Waals surface area (Å²) < 4.78 is 12.1. The van der Waals surface area contributed by atoms with Gasteiger partial charge in [0.15, 0.2) is 5.75 Å². The van der Waals surface area contributed by atoms with Crippen molar-refractivity contribution in [3.05, 3.63) is 62.0 Å². The Balaban J connectivity index is 1.80. The number of benzene rings is 2. The summed E-state index contributed by atoms with van der Waals surface area (Å²) in [5.74, 6) is 2.06. The first-order valence-corrected chi connectivity index (χ1v) is 10.8. The van der Waals surface area contributed by atoms with Crippen LogP contribution in [0.1, 0.15) is 6.42 Å². The van der Waals surface area contributed by atoms with E-state index in [1.165, 1.54) is 4.90 Å². The van der Waals surface area contributed by atoms with Gasteiger partial charge in [-0.2, -0.15) is 0 Å². The van der Waals surface area contributed by atoms with Gasteiger partial charge < -0.3 is 9.47 Å². The van der Waals surface area contributed by atoms with Gasteiger partial charge in [0.05, 0.1) is 20.0 Å². The van der Waals surface area contributed by atoms with E-state index >= 15 is 0 Å². The second-order valence-electron chi connectivity index (χ2n) is 4.88. The average molecular weight is 527 g/mol. The molecular formula is C18H16Br2Cl2O2S. The maximum absolute atomic E-state index is 6.26. The first kappa shape index (κ1) is 21.0. The number of thioether (sulfide) groups is 1. The third-order valence-corrected chi connectivity index (χ3v) is 5.31. The van der Waals surface area contributed by atoms with Crippen LogP contribution in [0.15, 0.2) is 56.8 Å². The predicted octanol–water partition coefficient (Wildman–Crippen LogP) is 7.56. The van der Waals surface area contributed by atoms with Crippen LogP contribution in [0.3, 0.4) is 0 Å². The summed E-state index contributed by atoms with van der Waals surface area (Å²) in [6, 6.07) is 13.7. The molecule has 0 N–H and O–H groups in total. The number of hydrogen-bond acceptors (Lipinski definition) is 3. The summed E-state index contributed by atoms with van der Waals surface area (Å²) in [4.78, 5) is 1.25. The topological polar surface area (TPSA) is 18.5 Å². The SMILES string of the molecule is Clc1cc(OCC=C(Br)Br)cc(Cl)c1OCCCSc1ccccc1. The summed E-state index contributed by atoms with van der Waals surface area (Å²) in [5.41, 5.74) is 0. The van der Waals surface area contributed by atoms with E-state index in [-0.39, 0.29) is 0 Å². The Hall–Kier alpha value is -0.330. The highest BCUT2D eigenvalue weighted by Crippen LogP contribution is 2.37. The first-order valence-electron chi connectivity index (χ1n) is 7.50. The van der Waals surface area contributed by atoms with Gasteiger partial charge in [-0.25, -0.2) is 0 Å². The Morgan fingerprint density at radius 1 is 1.04 bits per heavy atom. The minimum absolute atomic E-state index is 0.398. The summed E-state index contributed by atoms with van der Waals surface area (Å²) in [6.45, 7) is 0.953. The van der Waals surface area contributed by atoms with Crippen LogP contribution in [0.5, 0.6) is 11.5 Å². The molecule has 25 heavy (non-hydrogen) atoms. The molecule has 0 atom stereocenters. The van der Waals surface area contributed by atoms with Crippen molar-refractivity contribution in [1.29, 1.82) is 0 Å². The summed E-state index contributed by atoms with van der Waals surface area (Å²) in [7, 11) is 0. The lowest BCUT2D eigenvalue weighted by Gasteiger charge is -2.12. The molecule has 0 bridgehead atoms. The quantitative estimate of drug-likeness (QED) is 0.248. The summed E-state index contributed by atoms with van der Waals surface area (Å²) >= 11 is 20.8. The Morgan fingerprint density at radius 3 is 2.36 bits per heavy atom. The van der Waals surface area contributed by atoms with Crippen LogP contribution in [0.2, 0.25) is 10.0 Å². The summed E-state index contributed by atoms with van der Waals surface area (Å²) in [5, 5.41) is 0.889. The molecule has 7 heteroatoms. The number of ether oxygens (including phenoxy) is 2. The second-order valence-corrected chi connectivity index (χ2v) is 9.64. The zero-order valence-corrected chi connectivity index (χ0v) is 18.7. The molecule has 0 unspecified atom stereocenters. The molecule has 2 aromatic carbocycles. The molecule has 0 amide bonds. The van der Waals surface area contributed by atoms with Gasteiger partial charge in [-0.3, -0.25) is 0 Å². The molecule has 134 valence electrons. The Kier molecular flexibility index (Phi) is 9.56. The van der Waals surface area contributed by atoms with E-state index in [9.17, 15) is 0 Å². The van der Waals surface area contributed by atoms with E-state index < -0.39 is 0 Å². The highest BCUT2D eigenvalue weighted by molar-refractivity contribution is 9.28. The molecule has 0 heterocycles. The standard InChI is InChI=1S/C18H16Br2Cl2O2S/c19-17(20)7-9-23-13-11-15(21)18(16(22)12-13)24-8-4-10-25-14-5-2-1-3-6-14/h1-3,5-7,11-12H,4,8-10H2. The molecule has 2 aromatic rings. The third-order valence-electron chi connectivity index (χ3n) is 3.01. The molecular weight excluding hydrogens is 511 g/mol. The van der Waals surface area contributed by atoms with Crippen molar-refractivity contribution in [2.75, 3.05) is 19.0 Å². The van der Waals surface area contributed by atoms with Crippen LogP contribution in [0.4, 0.5) is 0 Å². The Labute approximate surface area is 179 Å². The van der Waals surface area contributed by atoms with Crippen molar-refractivity contribution < 1.29 is 9.47 Å². The Morgan fingerprint density at radius 2 is 1.72 bits per heavy atom. The van der Waals surface area contributed by atoms with E-state index in [0.29, 0.717) is 34.8 Å². The minimum Gasteiger partial charge on any atom is -0.490 e. The second kappa shape index (κ2) is 11.4. The van der Waals surface area contributed by atoms with Crippen molar-refractivity contribution >= 4 is 66.8 Å². The molecule has 0 spiro atoms. The molecule has 0 radical (unpaired) electrons. The van der Waals surface area contributed by atoms with Crippen molar-refractivity contribution in [2.45, 2.75) is 11.3 Å². The van der Waals surface area contributed by atoms with Gasteiger partial charge in [0, 0.05) is 22.8 Å². The van der Waals surface area contributed by atoms with Gasteiger partial charge >= 0.3 is 0 Å². The van der Waals surface area contributed by atoms with E-state index in [2.05, 4.69) is 44.0 Å². The van der Waals surface area contributed by atoms with Crippen molar-refractivity contribution in [3.63, 3.8) is 0 Å². The molecule has 0 aliphatic rings. The normalized spacial score (nSPS) is 10.4. The van der Waals surface area contributed by atoms with Gasteiger partial charge in [-0.1, -0.05) is 41.4 Å². The third kappa shape index (κ3) is 7.83. The van der Waals surface area contributed by atoms with Crippen LogP contribution in [0, 0.1) is 0 Å². The van der Waals surface area contributed by atoms with Gasteiger partial charge in [0.2, 0.25) is 0 Å². The van der Waals surface area contributed by atoms with E-state index in [1.54, 1.807) is 23.9 Å². The van der Waals surface area contributed by atoms with Crippen LogP contribution >= 0.6 is 66.8 Å². The lowest BCUT2D eigenvalue weighted by Crippen LogP contribution is -2.01. The lowest BCUT2D eigenvalue weighted by atomic mass is 10.3. The zero-order chi connectivity index (χ0) is 18.1. The summed E-state index contributed by atoms with van der Waals surface area (Å²) in [6.07, 6.45) is 2.73.